The number of nitrogens with two attached hydrogens (primary N) is 1. The van der Waals surface area contributed by atoms with E-state index >= 15 is 0 Å². The maximum atomic E-state index is 10.8. The van der Waals surface area contributed by atoms with Gasteiger partial charge in [0.1, 0.15) is 0 Å². The highest BCUT2D eigenvalue weighted by Crippen LogP contribution is 1.90. The van der Waals surface area contributed by atoms with E-state index in [2.05, 4.69) is 25.9 Å². The van der Waals surface area contributed by atoms with Crippen molar-refractivity contribution in [2.45, 2.75) is 6.42 Å². The van der Waals surface area contributed by atoms with Crippen molar-refractivity contribution in [3.63, 3.8) is 0 Å². The van der Waals surface area contributed by atoms with Crippen molar-refractivity contribution in [3.05, 3.63) is 0 Å². The Labute approximate surface area is 74.5 Å². The first-order chi connectivity index (χ1) is 5.33. The third kappa shape index (κ3) is 3.26. The number of nitrogens with zero attached hydrogens (tertiary/aromatic N) is 3. The third-order valence-electron chi connectivity index (χ3n) is 0.968. The van der Waals surface area contributed by atoms with Crippen LogP contribution in [0.25, 0.3) is 0 Å². The van der Waals surface area contributed by atoms with Crippen LogP contribution in [-0.4, -0.2) is 33.1 Å². The number of nitrogens with one attached hydrogen (secondary N) is 2. The summed E-state index contributed by atoms with van der Waals surface area (Å²) < 4.78 is 0. The normalized spacial score (nSPS) is 8.75. The molecule has 0 atom stereocenters. The average molecular weight is 193 g/mol. The number of anilines is 1. The van der Waals surface area contributed by atoms with Gasteiger partial charge in [-0.25, -0.2) is 0 Å². The maximum Gasteiger partial charge on any atom is 0.269 e. The predicted octanol–water partition coefficient (Wildman–Crippen LogP) is -1.09. The van der Waals surface area contributed by atoms with E-state index in [1.807, 2.05) is 0 Å². The number of carbonyl (C=O) groups excluding carboxylic acids is 1. The Morgan fingerprint density at radius 1 is 1.67 bits per heavy atom. The summed E-state index contributed by atoms with van der Waals surface area (Å²) >= 11 is 0. The van der Waals surface area contributed by atoms with E-state index in [-0.39, 0.29) is 30.7 Å². The Bertz CT molecular complexity index is 223. The van der Waals surface area contributed by atoms with Gasteiger partial charge in [0.15, 0.2) is 0 Å². The van der Waals surface area contributed by atoms with Crippen molar-refractivity contribution >= 4 is 24.3 Å². The van der Waals surface area contributed by atoms with Gasteiger partial charge in [-0.2, -0.15) is 5.21 Å². The molecule has 1 aromatic rings. The molecule has 1 amide bonds. The molecule has 0 saturated heterocycles. The number of carbonyl (C=O) groups is 1. The van der Waals surface area contributed by atoms with Crippen LogP contribution < -0.4 is 11.1 Å². The van der Waals surface area contributed by atoms with E-state index in [9.17, 15) is 4.79 Å². The summed E-state index contributed by atoms with van der Waals surface area (Å²) in [6.45, 7) is 0.309. The number of hydrogen-bond acceptors (Lipinski definition) is 5. The quantitative estimate of drug-likeness (QED) is 0.564. The van der Waals surface area contributed by atoms with Gasteiger partial charge in [0, 0.05) is 13.0 Å². The van der Waals surface area contributed by atoms with Crippen molar-refractivity contribution in [2.24, 2.45) is 5.73 Å². The molecule has 0 unspecified atom stereocenters. The Hall–Kier alpha value is -1.21. The van der Waals surface area contributed by atoms with Crippen molar-refractivity contribution in [1.29, 1.82) is 0 Å². The Balaban J connectivity index is 0.00000121. The van der Waals surface area contributed by atoms with Gasteiger partial charge in [-0.05, 0) is 5.21 Å². The minimum atomic E-state index is -0.214. The fourth-order valence-electron chi connectivity index (χ4n) is 0.533. The van der Waals surface area contributed by atoms with Crippen LogP contribution in [0.3, 0.4) is 0 Å². The molecule has 0 spiro atoms. The molecular formula is C4H9ClN6O. The van der Waals surface area contributed by atoms with Crippen LogP contribution in [0.2, 0.25) is 0 Å². The van der Waals surface area contributed by atoms with Crippen LogP contribution in [-0.2, 0) is 4.79 Å². The molecule has 4 N–H and O–H groups in total. The number of tetrazole rings is 1. The number of aromatic amines is 1. The first-order valence-electron chi connectivity index (χ1n) is 3.06. The second kappa shape index (κ2) is 5.44. The van der Waals surface area contributed by atoms with Crippen molar-refractivity contribution in [1.82, 2.24) is 20.6 Å². The zero-order chi connectivity index (χ0) is 8.10. The molecule has 8 heteroatoms. The SMILES string of the molecule is Cl.NCCC(=O)Nc1nn[nH]n1. The van der Waals surface area contributed by atoms with E-state index in [4.69, 9.17) is 5.73 Å². The van der Waals surface area contributed by atoms with Crippen molar-refractivity contribution in [3.8, 4) is 0 Å². The number of halogens is 1. The molecule has 0 radical (unpaired) electrons. The zero-order valence-corrected chi connectivity index (χ0v) is 6.97. The molecule has 0 aliphatic heterocycles. The molecule has 1 aromatic heterocycles. The highest BCUT2D eigenvalue weighted by molar-refractivity contribution is 5.88. The predicted molar refractivity (Wildman–Crippen MR) is 43.7 cm³/mol. The summed E-state index contributed by atoms with van der Waals surface area (Å²) in [4.78, 5) is 10.8. The molecule has 0 aromatic carbocycles. The molecule has 0 bridgehead atoms. The molecular weight excluding hydrogens is 184 g/mol. The second-order valence-corrected chi connectivity index (χ2v) is 1.82. The summed E-state index contributed by atoms with van der Waals surface area (Å²) in [7, 11) is 0. The second-order valence-electron chi connectivity index (χ2n) is 1.82. The zero-order valence-electron chi connectivity index (χ0n) is 6.15. The molecule has 7 nitrogen and oxygen atoms in total. The Morgan fingerprint density at radius 3 is 2.92 bits per heavy atom. The van der Waals surface area contributed by atoms with Gasteiger partial charge >= 0.3 is 0 Å². The first-order valence-corrected chi connectivity index (χ1v) is 3.06. The third-order valence-corrected chi connectivity index (χ3v) is 0.968. The number of H-pyrrole nitrogens is 1. The molecule has 1 heterocycles. The number of amides is 1. The first kappa shape index (κ1) is 10.8. The lowest BCUT2D eigenvalue weighted by molar-refractivity contribution is -0.116. The molecule has 1 rings (SSSR count). The van der Waals surface area contributed by atoms with E-state index in [1.54, 1.807) is 0 Å². The van der Waals surface area contributed by atoms with Crippen LogP contribution in [0, 0.1) is 0 Å². The number of hydrogen-bond donors (Lipinski definition) is 3. The molecule has 12 heavy (non-hydrogen) atoms. The van der Waals surface area contributed by atoms with E-state index in [0.29, 0.717) is 6.54 Å². The molecule has 0 fully saturated rings. The lowest BCUT2D eigenvalue weighted by Gasteiger charge is -1.95. The standard InChI is InChI=1S/C4H8N6O.ClH/c5-2-1-3(11)6-4-7-9-10-8-4;/h1-2,5H2,(H2,6,7,8,9,10,11);1H. The van der Waals surface area contributed by atoms with E-state index < -0.39 is 0 Å². The summed E-state index contributed by atoms with van der Waals surface area (Å²) in [6.07, 6.45) is 0.258. The molecule has 0 saturated carbocycles. The van der Waals surface area contributed by atoms with Gasteiger partial charge in [-0.3, -0.25) is 10.1 Å². The summed E-state index contributed by atoms with van der Waals surface area (Å²) in [5.41, 5.74) is 5.13. The van der Waals surface area contributed by atoms with Crippen LogP contribution >= 0.6 is 12.4 Å². The summed E-state index contributed by atoms with van der Waals surface area (Å²) in [6, 6.07) is 0. The summed E-state index contributed by atoms with van der Waals surface area (Å²) in [5, 5.41) is 14.9. The maximum absolute atomic E-state index is 10.8. The number of aromatic nitrogens is 4. The molecule has 68 valence electrons. The average Bonchev–Trinajstić information content (AvgIpc) is 2.40. The monoisotopic (exact) mass is 192 g/mol. The van der Waals surface area contributed by atoms with Crippen molar-refractivity contribution < 1.29 is 4.79 Å². The van der Waals surface area contributed by atoms with Crippen LogP contribution in [0.1, 0.15) is 6.42 Å². The van der Waals surface area contributed by atoms with Crippen LogP contribution in [0.5, 0.6) is 0 Å². The highest BCUT2D eigenvalue weighted by Gasteiger charge is 2.02. The largest absolute Gasteiger partial charge is 0.330 e. The lowest BCUT2D eigenvalue weighted by atomic mass is 10.4. The van der Waals surface area contributed by atoms with Crippen molar-refractivity contribution in [2.75, 3.05) is 11.9 Å². The Kier molecular flexibility index (Phi) is 4.89. The van der Waals surface area contributed by atoms with Gasteiger partial charge in [0.05, 0.1) is 0 Å². The Morgan fingerprint density at radius 2 is 2.42 bits per heavy atom. The highest BCUT2D eigenvalue weighted by atomic mass is 35.5. The minimum Gasteiger partial charge on any atom is -0.330 e. The van der Waals surface area contributed by atoms with Crippen LogP contribution in [0.15, 0.2) is 0 Å². The van der Waals surface area contributed by atoms with Gasteiger partial charge in [0.25, 0.3) is 5.95 Å². The van der Waals surface area contributed by atoms with E-state index in [1.165, 1.54) is 0 Å². The fourth-order valence-corrected chi connectivity index (χ4v) is 0.533. The smallest absolute Gasteiger partial charge is 0.269 e. The topological polar surface area (TPSA) is 110 Å². The van der Waals surface area contributed by atoms with Gasteiger partial charge < -0.3 is 5.73 Å². The van der Waals surface area contributed by atoms with Gasteiger partial charge in [-0.15, -0.1) is 17.5 Å². The van der Waals surface area contributed by atoms with Crippen LogP contribution in [0.4, 0.5) is 5.95 Å². The number of rotatable bonds is 3. The van der Waals surface area contributed by atoms with E-state index in [0.717, 1.165) is 0 Å². The van der Waals surface area contributed by atoms with Gasteiger partial charge in [-0.1, -0.05) is 5.10 Å². The van der Waals surface area contributed by atoms with Gasteiger partial charge in [0.2, 0.25) is 5.91 Å². The minimum absolute atomic E-state index is 0. The lowest BCUT2D eigenvalue weighted by Crippen LogP contribution is -2.16. The molecule has 0 aliphatic rings. The fraction of sp³-hybridized carbons (Fsp3) is 0.500. The molecule has 0 aliphatic carbocycles. The summed E-state index contributed by atoms with van der Waals surface area (Å²) in [5.74, 6) is -0.0441.